The Morgan fingerprint density at radius 2 is 2.12 bits per heavy atom. The molecule has 1 fully saturated rings. The third-order valence-corrected chi connectivity index (χ3v) is 2.98. The van der Waals surface area contributed by atoms with Crippen LogP contribution in [0.5, 0.6) is 0 Å². The zero-order valence-electron chi connectivity index (χ0n) is 10.3. The van der Waals surface area contributed by atoms with Crippen molar-refractivity contribution in [2.45, 2.75) is 13.8 Å². The van der Waals surface area contributed by atoms with Crippen LogP contribution in [0.2, 0.25) is 0 Å². The molecule has 1 N–H and O–H groups in total. The van der Waals surface area contributed by atoms with Gasteiger partial charge in [-0.2, -0.15) is 0 Å². The van der Waals surface area contributed by atoms with Crippen LogP contribution in [-0.2, 0) is 9.53 Å². The number of nitrogens with one attached hydrogen (secondary N) is 1. The van der Waals surface area contributed by atoms with Gasteiger partial charge < -0.3 is 4.74 Å². The molecule has 0 radical (unpaired) electrons. The number of carbonyl (C=O) groups excluding carboxylic acids is 1. The summed E-state index contributed by atoms with van der Waals surface area (Å²) in [6, 6.07) is 9.83. The maximum atomic E-state index is 12.0. The molecule has 1 atom stereocenters. The van der Waals surface area contributed by atoms with Gasteiger partial charge in [0.15, 0.2) is 0 Å². The second-order valence-corrected chi connectivity index (χ2v) is 4.56. The summed E-state index contributed by atoms with van der Waals surface area (Å²) in [5.41, 5.74) is 3.42. The van der Waals surface area contributed by atoms with E-state index < -0.39 is 5.41 Å². The first-order chi connectivity index (χ1) is 8.15. The highest BCUT2D eigenvalue weighted by Crippen LogP contribution is 2.27. The molecule has 1 aromatic rings. The molecule has 0 spiro atoms. The van der Waals surface area contributed by atoms with Crippen LogP contribution in [0.3, 0.4) is 0 Å². The topological polar surface area (TPSA) is 41.6 Å². The molecule has 0 saturated carbocycles. The molecule has 2 rings (SSSR count). The van der Waals surface area contributed by atoms with Crippen molar-refractivity contribution in [1.82, 2.24) is 5.43 Å². The lowest BCUT2D eigenvalue weighted by molar-refractivity contribution is -0.129. The number of hydrazine groups is 1. The summed E-state index contributed by atoms with van der Waals surface area (Å²) >= 11 is 0. The molecule has 1 saturated heterocycles. The molecule has 0 bridgehead atoms. The Bertz CT molecular complexity index is 394. The van der Waals surface area contributed by atoms with E-state index in [1.54, 1.807) is 0 Å². The third kappa shape index (κ3) is 2.42. The van der Waals surface area contributed by atoms with Gasteiger partial charge in [0.1, 0.15) is 0 Å². The van der Waals surface area contributed by atoms with Crippen LogP contribution >= 0.6 is 0 Å². The normalized spacial score (nSPS) is 23.9. The van der Waals surface area contributed by atoms with E-state index in [-0.39, 0.29) is 5.91 Å². The number of rotatable bonds is 4. The summed E-state index contributed by atoms with van der Waals surface area (Å²) in [5.74, 6) is 0.0230. The highest BCUT2D eigenvalue weighted by molar-refractivity contribution is 5.87. The van der Waals surface area contributed by atoms with Gasteiger partial charge in [-0.05, 0) is 26.0 Å². The van der Waals surface area contributed by atoms with Crippen LogP contribution in [0.15, 0.2) is 30.3 Å². The smallest absolute Gasteiger partial charge is 0.248 e. The molecule has 4 heteroatoms. The monoisotopic (exact) mass is 234 g/mol. The Labute approximate surface area is 102 Å². The summed E-state index contributed by atoms with van der Waals surface area (Å²) in [4.78, 5) is 12.0. The average molecular weight is 234 g/mol. The molecular weight excluding hydrogens is 216 g/mol. The van der Waals surface area contributed by atoms with Crippen molar-refractivity contribution in [2.75, 3.05) is 24.8 Å². The molecule has 1 aromatic carbocycles. The van der Waals surface area contributed by atoms with Gasteiger partial charge >= 0.3 is 0 Å². The van der Waals surface area contributed by atoms with E-state index in [4.69, 9.17) is 4.74 Å². The Hall–Kier alpha value is -1.55. The van der Waals surface area contributed by atoms with Crippen LogP contribution in [0.1, 0.15) is 13.8 Å². The number of hydrogen-bond acceptors (Lipinski definition) is 3. The summed E-state index contributed by atoms with van der Waals surface area (Å²) < 4.78 is 5.39. The number of para-hydroxylation sites is 1. The van der Waals surface area contributed by atoms with Gasteiger partial charge in [0, 0.05) is 6.61 Å². The maximum absolute atomic E-state index is 12.0. The van der Waals surface area contributed by atoms with Crippen LogP contribution < -0.4 is 10.4 Å². The van der Waals surface area contributed by atoms with Gasteiger partial charge in [-0.25, -0.2) is 0 Å². The Morgan fingerprint density at radius 3 is 2.76 bits per heavy atom. The number of anilines is 1. The predicted molar refractivity (Wildman–Crippen MR) is 66.5 cm³/mol. The SMILES string of the molecule is CCOCC1(C)CN(c2ccccc2)NC1=O. The lowest BCUT2D eigenvalue weighted by atomic mass is 9.92. The van der Waals surface area contributed by atoms with Gasteiger partial charge in [0.25, 0.3) is 0 Å². The number of carbonyl (C=O) groups is 1. The summed E-state index contributed by atoms with van der Waals surface area (Å²) in [6.45, 7) is 5.59. The Morgan fingerprint density at radius 1 is 1.41 bits per heavy atom. The first-order valence-electron chi connectivity index (χ1n) is 5.87. The van der Waals surface area contributed by atoms with E-state index in [1.165, 1.54) is 0 Å². The summed E-state index contributed by atoms with van der Waals surface area (Å²) in [5, 5.41) is 1.88. The van der Waals surface area contributed by atoms with Gasteiger partial charge in [0.05, 0.1) is 24.3 Å². The van der Waals surface area contributed by atoms with E-state index >= 15 is 0 Å². The average Bonchev–Trinajstić information content (AvgIpc) is 2.65. The minimum Gasteiger partial charge on any atom is -0.381 e. The maximum Gasteiger partial charge on any atom is 0.248 e. The lowest BCUT2D eigenvalue weighted by Crippen LogP contribution is -2.34. The molecule has 1 heterocycles. The van der Waals surface area contributed by atoms with Crippen molar-refractivity contribution >= 4 is 11.6 Å². The number of amides is 1. The van der Waals surface area contributed by atoms with Crippen molar-refractivity contribution < 1.29 is 9.53 Å². The second kappa shape index (κ2) is 4.75. The molecule has 17 heavy (non-hydrogen) atoms. The molecule has 1 aliphatic heterocycles. The van der Waals surface area contributed by atoms with Crippen molar-refractivity contribution in [1.29, 1.82) is 0 Å². The predicted octanol–water partition coefficient (Wildman–Crippen LogP) is 1.58. The molecule has 4 nitrogen and oxygen atoms in total. The number of ether oxygens (including phenoxy) is 1. The number of hydrogen-bond donors (Lipinski definition) is 1. The Kier molecular flexibility index (Phi) is 3.33. The van der Waals surface area contributed by atoms with E-state index in [9.17, 15) is 4.79 Å². The fraction of sp³-hybridized carbons (Fsp3) is 0.462. The van der Waals surface area contributed by atoms with E-state index in [0.29, 0.717) is 19.8 Å². The first-order valence-corrected chi connectivity index (χ1v) is 5.87. The molecule has 1 amide bonds. The second-order valence-electron chi connectivity index (χ2n) is 4.56. The summed E-state index contributed by atoms with van der Waals surface area (Å²) in [6.07, 6.45) is 0. The lowest BCUT2D eigenvalue weighted by Gasteiger charge is -2.21. The minimum atomic E-state index is -0.466. The highest BCUT2D eigenvalue weighted by Gasteiger charge is 2.42. The molecule has 0 aliphatic carbocycles. The van der Waals surface area contributed by atoms with E-state index in [1.807, 2.05) is 49.2 Å². The van der Waals surface area contributed by atoms with Gasteiger partial charge in [-0.1, -0.05) is 18.2 Å². The molecule has 0 aromatic heterocycles. The standard InChI is InChI=1S/C13H18N2O2/c1-3-17-10-13(2)9-15(14-12(13)16)11-7-5-4-6-8-11/h4-8H,3,9-10H2,1-2H3,(H,14,16). The third-order valence-electron chi connectivity index (χ3n) is 2.98. The fourth-order valence-corrected chi connectivity index (χ4v) is 1.92. The highest BCUT2D eigenvalue weighted by atomic mass is 16.5. The molecular formula is C13H18N2O2. The minimum absolute atomic E-state index is 0.0230. The van der Waals surface area contributed by atoms with Gasteiger partial charge in [-0.15, -0.1) is 0 Å². The first kappa shape index (κ1) is 11.9. The fourth-order valence-electron chi connectivity index (χ4n) is 1.92. The molecule has 1 aliphatic rings. The molecule has 92 valence electrons. The van der Waals surface area contributed by atoms with Crippen LogP contribution in [0, 0.1) is 5.41 Å². The van der Waals surface area contributed by atoms with Crippen LogP contribution in [-0.4, -0.2) is 25.7 Å². The van der Waals surface area contributed by atoms with E-state index in [2.05, 4.69) is 5.43 Å². The number of benzene rings is 1. The van der Waals surface area contributed by atoms with Crippen LogP contribution in [0.25, 0.3) is 0 Å². The number of nitrogens with zero attached hydrogens (tertiary/aromatic N) is 1. The van der Waals surface area contributed by atoms with Crippen molar-refractivity contribution in [3.8, 4) is 0 Å². The van der Waals surface area contributed by atoms with Gasteiger partial charge in [0.2, 0.25) is 5.91 Å². The van der Waals surface area contributed by atoms with Crippen LogP contribution in [0.4, 0.5) is 5.69 Å². The van der Waals surface area contributed by atoms with Gasteiger partial charge in [-0.3, -0.25) is 15.2 Å². The van der Waals surface area contributed by atoms with Crippen molar-refractivity contribution in [3.63, 3.8) is 0 Å². The molecule has 1 unspecified atom stereocenters. The van der Waals surface area contributed by atoms with Crippen molar-refractivity contribution in [3.05, 3.63) is 30.3 Å². The van der Waals surface area contributed by atoms with Crippen molar-refractivity contribution in [2.24, 2.45) is 5.41 Å². The zero-order valence-corrected chi connectivity index (χ0v) is 10.3. The largest absolute Gasteiger partial charge is 0.381 e. The Balaban J connectivity index is 2.09. The zero-order chi connectivity index (χ0) is 12.3. The van der Waals surface area contributed by atoms with E-state index in [0.717, 1.165) is 5.69 Å². The summed E-state index contributed by atoms with van der Waals surface area (Å²) in [7, 11) is 0. The quantitative estimate of drug-likeness (QED) is 0.860.